The molecule has 2 aromatic heterocycles. The Balaban J connectivity index is 1.33. The summed E-state index contributed by atoms with van der Waals surface area (Å²) in [6.07, 6.45) is 4.66. The average molecular weight is 493 g/mol. The van der Waals surface area contributed by atoms with Crippen molar-refractivity contribution in [3.63, 3.8) is 0 Å². The molecule has 2 aromatic carbocycles. The molecule has 0 saturated carbocycles. The first kappa shape index (κ1) is 24.6. The third-order valence-corrected chi connectivity index (χ3v) is 6.29. The van der Waals surface area contributed by atoms with Crippen LogP contribution in [0.2, 0.25) is 0 Å². The number of aromatic nitrogens is 3. The van der Waals surface area contributed by atoms with Gasteiger partial charge in [0.2, 0.25) is 5.88 Å². The predicted molar refractivity (Wildman–Crippen MR) is 136 cm³/mol. The molecule has 0 aliphatic heterocycles. The van der Waals surface area contributed by atoms with Crippen molar-refractivity contribution in [1.82, 2.24) is 19.9 Å². The van der Waals surface area contributed by atoms with E-state index in [2.05, 4.69) is 15.0 Å². The van der Waals surface area contributed by atoms with Gasteiger partial charge in [-0.1, -0.05) is 30.3 Å². The lowest BCUT2D eigenvalue weighted by Gasteiger charge is -2.16. The fourth-order valence-electron chi connectivity index (χ4n) is 3.31. The number of pyridine rings is 1. The van der Waals surface area contributed by atoms with E-state index in [1.165, 1.54) is 6.26 Å². The third-order valence-electron chi connectivity index (χ3n) is 5.37. The molecule has 35 heavy (non-hydrogen) atoms. The molecule has 0 saturated heterocycles. The van der Waals surface area contributed by atoms with Gasteiger partial charge in [0, 0.05) is 42.6 Å². The van der Waals surface area contributed by atoms with E-state index >= 15 is 0 Å². The van der Waals surface area contributed by atoms with Crippen LogP contribution in [0.5, 0.6) is 11.6 Å². The minimum Gasteiger partial charge on any atom is -0.489 e. The van der Waals surface area contributed by atoms with Crippen molar-refractivity contribution < 1.29 is 17.9 Å². The number of likely N-dealkylation sites (N-methyl/N-ethyl adjacent to an activating group) is 1. The van der Waals surface area contributed by atoms with Crippen LogP contribution in [0.1, 0.15) is 5.56 Å². The van der Waals surface area contributed by atoms with Crippen LogP contribution in [0.15, 0.2) is 73.1 Å². The zero-order valence-electron chi connectivity index (χ0n) is 19.8. The molecule has 0 atom stereocenters. The van der Waals surface area contributed by atoms with Crippen LogP contribution in [-0.4, -0.2) is 67.0 Å². The van der Waals surface area contributed by atoms with Gasteiger partial charge in [-0.05, 0) is 36.9 Å². The normalized spacial score (nSPS) is 11.6. The maximum Gasteiger partial charge on any atom is 0.214 e. The quantitative estimate of drug-likeness (QED) is 0.313. The second kappa shape index (κ2) is 11.2. The van der Waals surface area contributed by atoms with Gasteiger partial charge in [-0.15, -0.1) is 0 Å². The highest BCUT2D eigenvalue weighted by Gasteiger charge is 2.08. The van der Waals surface area contributed by atoms with Crippen LogP contribution in [0.4, 0.5) is 0 Å². The number of benzene rings is 2. The summed E-state index contributed by atoms with van der Waals surface area (Å²) in [5, 5.41) is 0.826. The lowest BCUT2D eigenvalue weighted by Crippen LogP contribution is -2.29. The zero-order valence-corrected chi connectivity index (χ0v) is 20.6. The van der Waals surface area contributed by atoms with Crippen LogP contribution < -0.4 is 9.47 Å². The van der Waals surface area contributed by atoms with Crippen molar-refractivity contribution in [3.05, 3.63) is 78.6 Å². The van der Waals surface area contributed by atoms with Crippen LogP contribution in [0.3, 0.4) is 0 Å². The standard InChI is InChI=1S/C26H28N4O4S/c1-30(13-15-35(2,31)32)12-14-33-25-16-22-17-28-26(29-24(22)18-27-25)21-8-10-23(11-9-21)34-19-20-6-4-3-5-7-20/h3-11,16-18H,12-15,19H2,1-2H3. The minimum atomic E-state index is -2.97. The largest absolute Gasteiger partial charge is 0.489 e. The Hall–Kier alpha value is -3.56. The number of hydrogen-bond acceptors (Lipinski definition) is 8. The summed E-state index contributed by atoms with van der Waals surface area (Å²) in [5.74, 6) is 1.99. The van der Waals surface area contributed by atoms with Crippen molar-refractivity contribution in [2.45, 2.75) is 6.61 Å². The van der Waals surface area contributed by atoms with Crippen LogP contribution >= 0.6 is 0 Å². The van der Waals surface area contributed by atoms with Gasteiger partial charge in [-0.3, -0.25) is 0 Å². The first-order valence-electron chi connectivity index (χ1n) is 11.2. The molecule has 182 valence electrons. The molecule has 8 nitrogen and oxygen atoms in total. The summed E-state index contributed by atoms with van der Waals surface area (Å²) >= 11 is 0. The Morgan fingerprint density at radius 1 is 0.914 bits per heavy atom. The Labute approximate surface area is 205 Å². The van der Waals surface area contributed by atoms with Crippen LogP contribution in [0.25, 0.3) is 22.3 Å². The van der Waals surface area contributed by atoms with E-state index < -0.39 is 9.84 Å². The van der Waals surface area contributed by atoms with Crippen molar-refractivity contribution in [3.8, 4) is 23.0 Å². The number of ether oxygens (including phenoxy) is 2. The molecule has 0 unspecified atom stereocenters. The number of sulfone groups is 1. The highest BCUT2D eigenvalue weighted by atomic mass is 32.2. The number of fused-ring (bicyclic) bond motifs is 1. The van der Waals surface area contributed by atoms with Gasteiger partial charge in [0.1, 0.15) is 28.8 Å². The predicted octanol–water partition coefficient (Wildman–Crippen LogP) is 3.63. The molecular weight excluding hydrogens is 464 g/mol. The molecule has 0 spiro atoms. The van der Waals surface area contributed by atoms with E-state index in [4.69, 9.17) is 9.47 Å². The third kappa shape index (κ3) is 7.46. The molecule has 2 heterocycles. The van der Waals surface area contributed by atoms with Gasteiger partial charge in [0.25, 0.3) is 0 Å². The van der Waals surface area contributed by atoms with Crippen molar-refractivity contribution in [2.75, 3.05) is 38.8 Å². The van der Waals surface area contributed by atoms with Crippen LogP contribution in [-0.2, 0) is 16.4 Å². The van der Waals surface area contributed by atoms with Gasteiger partial charge in [0.05, 0.1) is 17.5 Å². The van der Waals surface area contributed by atoms with E-state index in [1.807, 2.05) is 66.5 Å². The van der Waals surface area contributed by atoms with E-state index in [9.17, 15) is 8.42 Å². The Morgan fingerprint density at radius 3 is 2.43 bits per heavy atom. The lowest BCUT2D eigenvalue weighted by molar-refractivity contribution is 0.238. The highest BCUT2D eigenvalue weighted by molar-refractivity contribution is 7.90. The first-order valence-corrected chi connectivity index (χ1v) is 13.3. The van der Waals surface area contributed by atoms with Gasteiger partial charge < -0.3 is 14.4 Å². The van der Waals surface area contributed by atoms with Gasteiger partial charge in [-0.25, -0.2) is 23.4 Å². The maximum atomic E-state index is 11.3. The summed E-state index contributed by atoms with van der Waals surface area (Å²) < 4.78 is 34.1. The smallest absolute Gasteiger partial charge is 0.214 e. The SMILES string of the molecule is CN(CCOc1cc2cnc(-c3ccc(OCc4ccccc4)cc3)nc2cn1)CCS(C)(=O)=O. The topological polar surface area (TPSA) is 94.5 Å². The number of hydrogen-bond donors (Lipinski definition) is 0. The van der Waals surface area contributed by atoms with E-state index in [0.717, 1.165) is 27.8 Å². The second-order valence-electron chi connectivity index (χ2n) is 8.36. The summed E-state index contributed by atoms with van der Waals surface area (Å²) in [4.78, 5) is 15.4. The molecule has 0 radical (unpaired) electrons. The fraction of sp³-hybridized carbons (Fsp3) is 0.269. The molecule has 9 heteroatoms. The van der Waals surface area contributed by atoms with Gasteiger partial charge in [0.15, 0.2) is 5.82 Å². The van der Waals surface area contributed by atoms with E-state index in [0.29, 0.717) is 38.0 Å². The van der Waals surface area contributed by atoms with Gasteiger partial charge in [-0.2, -0.15) is 0 Å². The minimum absolute atomic E-state index is 0.126. The first-order chi connectivity index (χ1) is 16.9. The zero-order chi connectivity index (χ0) is 24.7. The van der Waals surface area contributed by atoms with Crippen LogP contribution in [0, 0.1) is 0 Å². The molecule has 0 aliphatic rings. The van der Waals surface area contributed by atoms with Gasteiger partial charge >= 0.3 is 0 Å². The van der Waals surface area contributed by atoms with E-state index in [-0.39, 0.29) is 5.75 Å². The molecule has 0 bridgehead atoms. The molecule has 4 rings (SSSR count). The van der Waals surface area contributed by atoms with Crippen molar-refractivity contribution >= 4 is 20.7 Å². The molecule has 0 N–H and O–H groups in total. The average Bonchev–Trinajstić information content (AvgIpc) is 2.86. The molecule has 0 fully saturated rings. The number of rotatable bonds is 11. The fourth-order valence-corrected chi connectivity index (χ4v) is 3.96. The molecule has 0 aliphatic carbocycles. The Morgan fingerprint density at radius 2 is 1.69 bits per heavy atom. The molecule has 0 amide bonds. The molecular formula is C26H28N4O4S. The van der Waals surface area contributed by atoms with E-state index in [1.54, 1.807) is 18.5 Å². The lowest BCUT2D eigenvalue weighted by atomic mass is 10.2. The Bertz CT molecular complexity index is 1360. The highest BCUT2D eigenvalue weighted by Crippen LogP contribution is 2.23. The molecule has 4 aromatic rings. The second-order valence-corrected chi connectivity index (χ2v) is 10.6. The van der Waals surface area contributed by atoms with Crippen molar-refractivity contribution in [1.29, 1.82) is 0 Å². The summed E-state index contributed by atoms with van der Waals surface area (Å²) in [6, 6.07) is 19.5. The number of nitrogens with zero attached hydrogens (tertiary/aromatic N) is 4. The monoisotopic (exact) mass is 492 g/mol. The van der Waals surface area contributed by atoms with Crippen molar-refractivity contribution in [2.24, 2.45) is 0 Å². The summed E-state index contributed by atoms with van der Waals surface area (Å²) in [7, 11) is -1.11. The maximum absolute atomic E-state index is 11.3. The Kier molecular flexibility index (Phi) is 7.89. The summed E-state index contributed by atoms with van der Waals surface area (Å²) in [6.45, 7) is 1.97. The summed E-state index contributed by atoms with van der Waals surface area (Å²) in [5.41, 5.74) is 2.72.